The van der Waals surface area contributed by atoms with Crippen molar-refractivity contribution in [1.82, 2.24) is 0 Å². The van der Waals surface area contributed by atoms with Crippen molar-refractivity contribution < 1.29 is 9.59 Å². The SMILES string of the molecule is O=C1[C@H]2[C@@H]3C4C5[C@H]2C=C[C@@H]5[C@H]2C(=O)[C@@H]5C[C@H]1[C@H]3[C@H]5[C@H]42. The van der Waals surface area contributed by atoms with Gasteiger partial charge in [0.25, 0.3) is 0 Å². The molecular formula is C17H16O2. The normalized spacial score (nSPS) is 75.2. The first-order valence-electron chi connectivity index (χ1n) is 8.05. The van der Waals surface area contributed by atoms with E-state index in [1.807, 2.05) is 0 Å². The highest BCUT2D eigenvalue weighted by molar-refractivity contribution is 5.95. The minimum absolute atomic E-state index is 0.286. The highest BCUT2D eigenvalue weighted by Gasteiger charge is 2.82. The Balaban J connectivity index is 1.61. The summed E-state index contributed by atoms with van der Waals surface area (Å²) in [5.74, 6) is 7.57. The summed E-state index contributed by atoms with van der Waals surface area (Å²) in [6, 6.07) is 0. The second kappa shape index (κ2) is 2.27. The molecule has 0 radical (unpaired) electrons. The van der Waals surface area contributed by atoms with Gasteiger partial charge in [-0.3, -0.25) is 9.59 Å². The topological polar surface area (TPSA) is 34.1 Å². The quantitative estimate of drug-likeness (QED) is 0.613. The lowest BCUT2D eigenvalue weighted by Crippen LogP contribution is -2.29. The van der Waals surface area contributed by atoms with E-state index in [0.29, 0.717) is 64.8 Å². The second-order valence-electron chi connectivity index (χ2n) is 8.31. The summed E-state index contributed by atoms with van der Waals surface area (Å²) in [6.07, 6.45) is 5.61. The third-order valence-electron chi connectivity index (χ3n) is 8.59. The van der Waals surface area contributed by atoms with Crippen molar-refractivity contribution in [2.24, 2.45) is 71.0 Å². The molecule has 2 heteroatoms. The van der Waals surface area contributed by atoms with Crippen LogP contribution >= 0.6 is 0 Å². The van der Waals surface area contributed by atoms with Gasteiger partial charge in [0.1, 0.15) is 11.6 Å². The lowest BCUT2D eigenvalue weighted by molar-refractivity contribution is -0.128. The fourth-order valence-corrected chi connectivity index (χ4v) is 8.79. The van der Waals surface area contributed by atoms with Crippen molar-refractivity contribution in [1.29, 1.82) is 0 Å². The molecule has 6 fully saturated rings. The lowest BCUT2D eigenvalue weighted by atomic mass is 9.79. The zero-order valence-electron chi connectivity index (χ0n) is 10.6. The highest BCUT2D eigenvalue weighted by Crippen LogP contribution is 2.82. The van der Waals surface area contributed by atoms with Crippen LogP contribution in [-0.4, -0.2) is 11.6 Å². The number of allylic oxidation sites excluding steroid dienone is 2. The van der Waals surface area contributed by atoms with Crippen molar-refractivity contribution in [3.05, 3.63) is 12.2 Å². The third-order valence-corrected chi connectivity index (χ3v) is 8.59. The molecule has 0 aromatic heterocycles. The molecule has 6 saturated carbocycles. The van der Waals surface area contributed by atoms with Gasteiger partial charge in [-0.25, -0.2) is 0 Å². The zero-order chi connectivity index (χ0) is 12.2. The molecule has 7 aliphatic rings. The lowest BCUT2D eigenvalue weighted by Gasteiger charge is -2.23. The Labute approximate surface area is 111 Å². The van der Waals surface area contributed by atoms with Gasteiger partial charge in [-0.2, -0.15) is 0 Å². The molecule has 19 heavy (non-hydrogen) atoms. The van der Waals surface area contributed by atoms with Crippen molar-refractivity contribution in [3.8, 4) is 0 Å². The van der Waals surface area contributed by atoms with Crippen LogP contribution in [0.25, 0.3) is 0 Å². The van der Waals surface area contributed by atoms with Gasteiger partial charge in [0, 0.05) is 23.7 Å². The van der Waals surface area contributed by atoms with Crippen LogP contribution in [0.3, 0.4) is 0 Å². The molecule has 0 aliphatic heterocycles. The van der Waals surface area contributed by atoms with Crippen LogP contribution in [0.2, 0.25) is 0 Å². The minimum atomic E-state index is 0.286. The Bertz CT molecular complexity index is 569. The molecule has 0 amide bonds. The summed E-state index contributed by atoms with van der Waals surface area (Å²) >= 11 is 0. The highest BCUT2D eigenvalue weighted by atomic mass is 16.1. The number of hydrogen-bond donors (Lipinski definition) is 0. The zero-order valence-corrected chi connectivity index (χ0v) is 10.6. The van der Waals surface area contributed by atoms with E-state index in [2.05, 4.69) is 12.2 Å². The van der Waals surface area contributed by atoms with Gasteiger partial charge in [0.05, 0.1) is 0 Å². The predicted octanol–water partition coefficient (Wildman–Crippen LogP) is 1.56. The van der Waals surface area contributed by atoms with E-state index in [1.165, 1.54) is 0 Å². The van der Waals surface area contributed by atoms with Gasteiger partial charge in [0.15, 0.2) is 0 Å². The number of carbonyl (C=O) groups is 2. The molecule has 7 aliphatic carbocycles. The van der Waals surface area contributed by atoms with Crippen LogP contribution in [0, 0.1) is 71.0 Å². The van der Waals surface area contributed by atoms with Crippen LogP contribution in [-0.2, 0) is 9.59 Å². The first-order chi connectivity index (χ1) is 9.29. The molecule has 0 aromatic rings. The first-order valence-corrected chi connectivity index (χ1v) is 8.05. The largest absolute Gasteiger partial charge is 0.299 e. The fourth-order valence-electron chi connectivity index (χ4n) is 8.79. The molecule has 7 rings (SSSR count). The number of ketones is 2. The maximum absolute atomic E-state index is 12.8. The molecule has 0 spiro atoms. The predicted molar refractivity (Wildman–Crippen MR) is 65.7 cm³/mol. The molecule has 0 bridgehead atoms. The molecule has 0 heterocycles. The van der Waals surface area contributed by atoms with Crippen LogP contribution in [0.15, 0.2) is 12.2 Å². The smallest absolute Gasteiger partial charge is 0.140 e. The van der Waals surface area contributed by atoms with Crippen molar-refractivity contribution in [2.45, 2.75) is 6.42 Å². The Hall–Kier alpha value is -0.920. The summed E-state index contributed by atoms with van der Waals surface area (Å²) in [5.41, 5.74) is 0. The maximum atomic E-state index is 12.8. The van der Waals surface area contributed by atoms with Gasteiger partial charge in [-0.1, -0.05) is 12.2 Å². The van der Waals surface area contributed by atoms with Crippen molar-refractivity contribution >= 4 is 11.6 Å². The van der Waals surface area contributed by atoms with E-state index in [9.17, 15) is 9.59 Å². The van der Waals surface area contributed by atoms with E-state index >= 15 is 0 Å². The number of rotatable bonds is 0. The molecule has 96 valence electrons. The minimum Gasteiger partial charge on any atom is -0.299 e. The van der Waals surface area contributed by atoms with Gasteiger partial charge < -0.3 is 0 Å². The monoisotopic (exact) mass is 252 g/mol. The van der Waals surface area contributed by atoms with Gasteiger partial charge in [0.2, 0.25) is 0 Å². The van der Waals surface area contributed by atoms with Crippen molar-refractivity contribution in [2.75, 3.05) is 0 Å². The Morgan fingerprint density at radius 3 is 1.74 bits per heavy atom. The van der Waals surface area contributed by atoms with Gasteiger partial charge in [-0.15, -0.1) is 0 Å². The summed E-state index contributed by atoms with van der Waals surface area (Å²) in [4.78, 5) is 25.6. The molecule has 0 N–H and O–H groups in total. The standard InChI is InChI=1S/C17H16O2/c18-16-6-3-7-10-9(6)14-11(16)4-1-2-5-8(4)13(14)15(10)12(5)17(7)19/h1-2,4-15H,3H2/t4-,5+,6+,7-,8?,9-,10-,11+,12+,13?,14-,15+/m0/s1. The summed E-state index contributed by atoms with van der Waals surface area (Å²) in [6.45, 7) is 0. The van der Waals surface area contributed by atoms with Gasteiger partial charge in [-0.05, 0) is 53.8 Å². The van der Waals surface area contributed by atoms with E-state index in [1.54, 1.807) is 0 Å². The fraction of sp³-hybridized carbons (Fsp3) is 0.765. The Kier molecular flexibility index (Phi) is 1.09. The van der Waals surface area contributed by atoms with Crippen LogP contribution < -0.4 is 0 Å². The summed E-state index contributed by atoms with van der Waals surface area (Å²) in [7, 11) is 0. The molecular weight excluding hydrogens is 236 g/mol. The third kappa shape index (κ3) is 0.606. The first kappa shape index (κ1) is 9.10. The van der Waals surface area contributed by atoms with E-state index in [4.69, 9.17) is 0 Å². The second-order valence-corrected chi connectivity index (χ2v) is 8.31. The number of Topliss-reactive ketones (excluding diaryl/α,β-unsaturated/α-hetero) is 2. The molecule has 2 nitrogen and oxygen atoms in total. The van der Waals surface area contributed by atoms with Crippen LogP contribution in [0.1, 0.15) is 6.42 Å². The average molecular weight is 252 g/mol. The Morgan fingerprint density at radius 1 is 0.684 bits per heavy atom. The maximum Gasteiger partial charge on any atom is 0.140 e. The van der Waals surface area contributed by atoms with E-state index in [-0.39, 0.29) is 11.8 Å². The summed E-state index contributed by atoms with van der Waals surface area (Å²) in [5, 5.41) is 0. The Morgan fingerprint density at radius 2 is 1.21 bits per heavy atom. The molecule has 0 aromatic carbocycles. The van der Waals surface area contributed by atoms with Crippen LogP contribution in [0.4, 0.5) is 0 Å². The van der Waals surface area contributed by atoms with E-state index in [0.717, 1.165) is 12.3 Å². The van der Waals surface area contributed by atoms with E-state index < -0.39 is 0 Å². The number of carbonyl (C=O) groups excluding carboxylic acids is 2. The molecule has 2 unspecified atom stereocenters. The summed E-state index contributed by atoms with van der Waals surface area (Å²) < 4.78 is 0. The number of hydrogen-bond acceptors (Lipinski definition) is 2. The van der Waals surface area contributed by atoms with Gasteiger partial charge >= 0.3 is 0 Å². The van der Waals surface area contributed by atoms with Crippen LogP contribution in [0.5, 0.6) is 0 Å². The van der Waals surface area contributed by atoms with Crippen molar-refractivity contribution in [3.63, 3.8) is 0 Å². The molecule has 12 atom stereocenters. The number of fused-ring (bicyclic) bond motifs is 2. The average Bonchev–Trinajstić information content (AvgIpc) is 3.10. The molecule has 0 saturated heterocycles.